The van der Waals surface area contributed by atoms with E-state index in [1.54, 1.807) is 11.7 Å². The van der Waals surface area contributed by atoms with Crippen LogP contribution in [0.1, 0.15) is 34.6 Å². The van der Waals surface area contributed by atoms with Crippen LogP contribution in [0, 0.1) is 11.8 Å². The summed E-state index contributed by atoms with van der Waals surface area (Å²) >= 11 is 0. The van der Waals surface area contributed by atoms with Crippen LogP contribution >= 0.6 is 0 Å². The summed E-state index contributed by atoms with van der Waals surface area (Å²) in [5.41, 5.74) is 3.42. The number of rotatable bonds is 6. The molecule has 0 aliphatic carbocycles. The van der Waals surface area contributed by atoms with Gasteiger partial charge in [0, 0.05) is 32.1 Å². The number of nitrogens with zero attached hydrogens (tertiary/aromatic N) is 3. The molecule has 1 unspecified atom stereocenters. The van der Waals surface area contributed by atoms with Crippen molar-refractivity contribution in [2.24, 2.45) is 0 Å². The zero-order valence-electron chi connectivity index (χ0n) is 16.5. The number of ether oxygens (including phenoxy) is 1. The van der Waals surface area contributed by atoms with Gasteiger partial charge in [0.05, 0.1) is 24.2 Å². The van der Waals surface area contributed by atoms with Crippen LogP contribution in [0.2, 0.25) is 0 Å². The van der Waals surface area contributed by atoms with Gasteiger partial charge in [0.1, 0.15) is 6.10 Å². The third-order valence-electron chi connectivity index (χ3n) is 4.66. The third-order valence-corrected chi connectivity index (χ3v) is 4.66. The van der Waals surface area contributed by atoms with Gasteiger partial charge in [-0.25, -0.2) is 9.48 Å². The zero-order chi connectivity index (χ0) is 20.8. The van der Waals surface area contributed by atoms with Crippen LogP contribution < -0.4 is 5.32 Å². The first-order chi connectivity index (χ1) is 14.0. The fraction of sp³-hybridized carbons (Fsp3) is 0.381. The van der Waals surface area contributed by atoms with Gasteiger partial charge >= 0.3 is 5.97 Å². The number of amides is 1. The molecule has 1 atom stereocenters. The van der Waals surface area contributed by atoms with Crippen LogP contribution in [0.15, 0.2) is 24.3 Å². The van der Waals surface area contributed by atoms with Gasteiger partial charge in [0.15, 0.2) is 5.69 Å². The number of fused-ring (bicyclic) bond motifs is 1. The van der Waals surface area contributed by atoms with E-state index in [0.717, 1.165) is 36.3 Å². The van der Waals surface area contributed by atoms with Crippen LogP contribution in [0.25, 0.3) is 5.69 Å². The van der Waals surface area contributed by atoms with E-state index in [1.807, 2.05) is 24.3 Å². The summed E-state index contributed by atoms with van der Waals surface area (Å²) in [7, 11) is 2.99. The van der Waals surface area contributed by atoms with Crippen LogP contribution in [-0.2, 0) is 16.0 Å². The number of aliphatic hydroxyl groups is 1. The van der Waals surface area contributed by atoms with Crippen molar-refractivity contribution in [3.05, 3.63) is 41.2 Å². The lowest BCUT2D eigenvalue weighted by molar-refractivity contribution is -0.117. The van der Waals surface area contributed by atoms with Crippen molar-refractivity contribution in [1.82, 2.24) is 14.7 Å². The molecule has 0 spiro atoms. The number of benzene rings is 1. The van der Waals surface area contributed by atoms with Gasteiger partial charge in [-0.3, -0.25) is 4.79 Å². The highest BCUT2D eigenvalue weighted by Gasteiger charge is 2.26. The van der Waals surface area contributed by atoms with Crippen LogP contribution in [0.5, 0.6) is 0 Å². The standard InChI is InChI=1S/C21H24N4O4/c1-24(14-26)12-10-17(27)9-8-15-5-3-6-16(13-15)25-18-7-4-11-22-19(18)20(23-25)21(28)29-2/h3,5-6,13-14,17,22,27H,4,7,10-12H2,1-2H3. The second-order valence-corrected chi connectivity index (χ2v) is 6.81. The number of esters is 1. The van der Waals surface area contributed by atoms with Crippen molar-refractivity contribution in [1.29, 1.82) is 0 Å². The van der Waals surface area contributed by atoms with Crippen molar-refractivity contribution < 1.29 is 19.4 Å². The first kappa shape index (κ1) is 20.4. The van der Waals surface area contributed by atoms with E-state index in [9.17, 15) is 14.7 Å². The van der Waals surface area contributed by atoms with E-state index in [2.05, 4.69) is 22.3 Å². The monoisotopic (exact) mass is 396 g/mol. The Bertz CT molecular complexity index is 957. The Labute approximate surface area is 169 Å². The molecule has 0 radical (unpaired) electrons. The molecule has 8 nitrogen and oxygen atoms in total. The smallest absolute Gasteiger partial charge is 0.360 e. The molecule has 1 amide bonds. The molecule has 1 aromatic heterocycles. The lowest BCUT2D eigenvalue weighted by Crippen LogP contribution is -2.21. The number of anilines is 1. The van der Waals surface area contributed by atoms with E-state index in [-0.39, 0.29) is 5.69 Å². The molecule has 2 aromatic rings. The molecule has 2 heterocycles. The number of hydrogen-bond acceptors (Lipinski definition) is 6. The lowest BCUT2D eigenvalue weighted by Gasteiger charge is -2.16. The predicted molar refractivity (Wildman–Crippen MR) is 108 cm³/mol. The summed E-state index contributed by atoms with van der Waals surface area (Å²) in [5.74, 6) is 5.28. The summed E-state index contributed by atoms with van der Waals surface area (Å²) in [5, 5.41) is 17.7. The second-order valence-electron chi connectivity index (χ2n) is 6.81. The van der Waals surface area contributed by atoms with Crippen molar-refractivity contribution in [2.75, 3.05) is 32.6 Å². The van der Waals surface area contributed by atoms with Crippen molar-refractivity contribution in [2.45, 2.75) is 25.4 Å². The average Bonchev–Trinajstić information content (AvgIpc) is 3.15. The summed E-state index contributed by atoms with van der Waals surface area (Å²) in [6, 6.07) is 7.45. The Kier molecular flexibility index (Phi) is 6.52. The molecule has 8 heteroatoms. The van der Waals surface area contributed by atoms with Gasteiger partial charge in [0.25, 0.3) is 0 Å². The number of carbonyl (C=O) groups is 2. The minimum atomic E-state index is -0.825. The molecule has 29 heavy (non-hydrogen) atoms. The number of hydrogen-bond donors (Lipinski definition) is 2. The Morgan fingerprint density at radius 3 is 3.10 bits per heavy atom. The average molecular weight is 396 g/mol. The molecule has 2 N–H and O–H groups in total. The van der Waals surface area contributed by atoms with E-state index in [4.69, 9.17) is 4.74 Å². The summed E-state index contributed by atoms with van der Waals surface area (Å²) < 4.78 is 6.60. The van der Waals surface area contributed by atoms with Gasteiger partial charge in [-0.1, -0.05) is 17.9 Å². The van der Waals surface area contributed by atoms with E-state index in [0.29, 0.717) is 25.1 Å². The summed E-state index contributed by atoms with van der Waals surface area (Å²) in [4.78, 5) is 24.2. The Hall–Kier alpha value is -3.31. The third kappa shape index (κ3) is 4.76. The van der Waals surface area contributed by atoms with Gasteiger partial charge in [-0.2, -0.15) is 5.10 Å². The fourth-order valence-electron chi connectivity index (χ4n) is 3.12. The van der Waals surface area contributed by atoms with Crippen molar-refractivity contribution in [3.63, 3.8) is 0 Å². The number of nitrogens with one attached hydrogen (secondary N) is 1. The van der Waals surface area contributed by atoms with Crippen molar-refractivity contribution in [3.8, 4) is 17.5 Å². The van der Waals surface area contributed by atoms with Gasteiger partial charge < -0.3 is 20.1 Å². The minimum absolute atomic E-state index is 0.272. The molecule has 1 aliphatic heterocycles. The largest absolute Gasteiger partial charge is 0.464 e. The van der Waals surface area contributed by atoms with Gasteiger partial charge in [-0.15, -0.1) is 0 Å². The maximum Gasteiger partial charge on any atom is 0.360 e. The normalized spacial score (nSPS) is 13.3. The second kappa shape index (κ2) is 9.26. The van der Waals surface area contributed by atoms with Gasteiger partial charge in [-0.05, 0) is 31.0 Å². The highest BCUT2D eigenvalue weighted by Crippen LogP contribution is 2.29. The van der Waals surface area contributed by atoms with Crippen LogP contribution in [-0.4, -0.2) is 65.5 Å². The van der Waals surface area contributed by atoms with Gasteiger partial charge in [0.2, 0.25) is 6.41 Å². The number of aromatic nitrogens is 2. The van der Waals surface area contributed by atoms with E-state index < -0.39 is 12.1 Å². The van der Waals surface area contributed by atoms with E-state index in [1.165, 1.54) is 12.0 Å². The Morgan fingerprint density at radius 2 is 2.34 bits per heavy atom. The molecule has 0 saturated carbocycles. The van der Waals surface area contributed by atoms with E-state index >= 15 is 0 Å². The SMILES string of the molecule is COC(=O)c1nn(-c2cccc(C#CC(O)CCN(C)C=O)c2)c2c1NCCC2. The molecular formula is C21H24N4O4. The Morgan fingerprint density at radius 1 is 1.52 bits per heavy atom. The molecule has 1 aliphatic rings. The minimum Gasteiger partial charge on any atom is -0.464 e. The maximum absolute atomic E-state index is 12.1. The van der Waals surface area contributed by atoms with Crippen LogP contribution in [0.4, 0.5) is 5.69 Å². The zero-order valence-corrected chi connectivity index (χ0v) is 16.5. The molecule has 152 valence electrons. The fourth-order valence-corrected chi connectivity index (χ4v) is 3.12. The summed E-state index contributed by atoms with van der Waals surface area (Å²) in [6.45, 7) is 1.22. The number of aliphatic hydroxyl groups excluding tert-OH is 1. The quantitative estimate of drug-likeness (QED) is 0.433. The predicted octanol–water partition coefficient (Wildman–Crippen LogP) is 1.21. The molecule has 1 aromatic carbocycles. The lowest BCUT2D eigenvalue weighted by atomic mass is 10.1. The Balaban J connectivity index is 1.85. The van der Waals surface area contributed by atoms with Crippen LogP contribution in [0.3, 0.4) is 0 Å². The summed E-state index contributed by atoms with van der Waals surface area (Å²) in [6.07, 6.45) is 2.01. The highest BCUT2D eigenvalue weighted by molar-refractivity contribution is 5.94. The molecule has 0 bridgehead atoms. The number of methoxy groups -OCH3 is 1. The topological polar surface area (TPSA) is 96.7 Å². The molecule has 3 rings (SSSR count). The first-order valence-corrected chi connectivity index (χ1v) is 9.43. The molecular weight excluding hydrogens is 372 g/mol. The van der Waals surface area contributed by atoms with Crippen molar-refractivity contribution >= 4 is 18.1 Å². The maximum atomic E-state index is 12.1. The first-order valence-electron chi connectivity index (χ1n) is 9.43. The molecule has 0 saturated heterocycles. The number of carbonyl (C=O) groups excluding carboxylic acids is 2. The molecule has 0 fully saturated rings. The highest BCUT2D eigenvalue weighted by atomic mass is 16.5.